The maximum atomic E-state index is 9.73. The first-order chi connectivity index (χ1) is 9.33. The average molecular weight is 254 g/mol. The third-order valence-electron chi connectivity index (χ3n) is 3.77. The second-order valence-electron chi connectivity index (χ2n) is 4.98. The molecule has 96 valence electrons. The van der Waals surface area contributed by atoms with E-state index in [1.54, 1.807) is 6.20 Å². The van der Waals surface area contributed by atoms with Crippen LogP contribution in [-0.4, -0.2) is 39.3 Å². The number of nitrogens with zero attached hydrogens (tertiary/aromatic N) is 3. The first-order valence-electron chi connectivity index (χ1n) is 6.47. The second kappa shape index (κ2) is 3.93. The Hall–Kier alpha value is -2.14. The van der Waals surface area contributed by atoms with E-state index >= 15 is 0 Å². The van der Waals surface area contributed by atoms with Crippen molar-refractivity contribution in [1.82, 2.24) is 15.0 Å². The Balaban J connectivity index is 2.01. The third kappa shape index (κ3) is 1.58. The number of β-amino-alcohol motifs (C(OH)–C–C–N with tert-alkyl or cyclic N) is 1. The standard InChI is InChI=1S/C14H14N4O/c19-9-3-6-18(8-9)12-2-5-15-11-7-17-14-10(13(11)12)1-4-16-14/h1-2,4-5,7,9,19H,3,6,8H2,(H,16,17)/t9-/m1/s1. The third-order valence-corrected chi connectivity index (χ3v) is 3.77. The van der Waals surface area contributed by atoms with E-state index in [4.69, 9.17) is 0 Å². The summed E-state index contributed by atoms with van der Waals surface area (Å²) >= 11 is 0. The largest absolute Gasteiger partial charge is 0.391 e. The minimum absolute atomic E-state index is 0.230. The van der Waals surface area contributed by atoms with Gasteiger partial charge in [0.15, 0.2) is 0 Å². The Morgan fingerprint density at radius 2 is 2.26 bits per heavy atom. The van der Waals surface area contributed by atoms with E-state index in [2.05, 4.69) is 19.9 Å². The number of fused-ring (bicyclic) bond motifs is 3. The van der Waals surface area contributed by atoms with Crippen molar-refractivity contribution in [1.29, 1.82) is 0 Å². The number of pyridine rings is 2. The summed E-state index contributed by atoms with van der Waals surface area (Å²) < 4.78 is 0. The maximum absolute atomic E-state index is 9.73. The van der Waals surface area contributed by atoms with Gasteiger partial charge in [0.05, 0.1) is 17.8 Å². The van der Waals surface area contributed by atoms with Crippen LogP contribution in [0.3, 0.4) is 0 Å². The molecule has 4 heterocycles. The average Bonchev–Trinajstić information content (AvgIpc) is 3.06. The van der Waals surface area contributed by atoms with Crippen LogP contribution in [0.5, 0.6) is 0 Å². The zero-order valence-electron chi connectivity index (χ0n) is 10.4. The van der Waals surface area contributed by atoms with E-state index in [-0.39, 0.29) is 6.10 Å². The summed E-state index contributed by atoms with van der Waals surface area (Å²) in [6.07, 6.45) is 6.09. The summed E-state index contributed by atoms with van der Waals surface area (Å²) in [6.45, 7) is 1.57. The van der Waals surface area contributed by atoms with Crippen molar-refractivity contribution in [3.63, 3.8) is 0 Å². The van der Waals surface area contributed by atoms with Crippen LogP contribution in [0.2, 0.25) is 0 Å². The Labute approximate surface area is 109 Å². The molecule has 1 saturated heterocycles. The van der Waals surface area contributed by atoms with E-state index in [1.165, 1.54) is 0 Å². The predicted molar refractivity (Wildman–Crippen MR) is 74.2 cm³/mol. The van der Waals surface area contributed by atoms with Gasteiger partial charge < -0.3 is 15.0 Å². The lowest BCUT2D eigenvalue weighted by molar-refractivity contribution is 0.198. The summed E-state index contributed by atoms with van der Waals surface area (Å²) in [7, 11) is 0. The molecule has 5 heteroatoms. The van der Waals surface area contributed by atoms with Crippen LogP contribution in [0.15, 0.2) is 30.7 Å². The van der Waals surface area contributed by atoms with Crippen molar-refractivity contribution < 1.29 is 5.11 Å². The molecule has 0 unspecified atom stereocenters. The van der Waals surface area contributed by atoms with Gasteiger partial charge in [0.25, 0.3) is 0 Å². The monoisotopic (exact) mass is 254 g/mol. The van der Waals surface area contributed by atoms with Crippen LogP contribution < -0.4 is 4.90 Å². The second-order valence-corrected chi connectivity index (χ2v) is 4.98. The number of nitrogens with one attached hydrogen (secondary N) is 1. The zero-order valence-corrected chi connectivity index (χ0v) is 10.4. The fourth-order valence-corrected chi connectivity index (χ4v) is 2.86. The van der Waals surface area contributed by atoms with Crippen molar-refractivity contribution in [3.8, 4) is 0 Å². The summed E-state index contributed by atoms with van der Waals surface area (Å²) in [5.74, 6) is 0. The highest BCUT2D eigenvalue weighted by atomic mass is 16.3. The maximum Gasteiger partial charge on any atom is 0.138 e. The number of aliphatic hydroxyl groups is 1. The SMILES string of the molecule is O[C@@H]1CCN(c2ccnc3cnc4[nH]ccc4c23)C1. The predicted octanol–water partition coefficient (Wildman–Crippen LogP) is 1.68. The number of aliphatic hydroxyl groups excluding tert-OH is 1. The van der Waals surface area contributed by atoms with Gasteiger partial charge in [0.2, 0.25) is 0 Å². The van der Waals surface area contributed by atoms with Crippen molar-refractivity contribution in [2.24, 2.45) is 0 Å². The van der Waals surface area contributed by atoms with Gasteiger partial charge in [-0.1, -0.05) is 0 Å². The lowest BCUT2D eigenvalue weighted by Gasteiger charge is -2.19. The summed E-state index contributed by atoms with van der Waals surface area (Å²) in [4.78, 5) is 14.1. The van der Waals surface area contributed by atoms with Gasteiger partial charge in [-0.2, -0.15) is 0 Å². The van der Waals surface area contributed by atoms with Crippen LogP contribution in [-0.2, 0) is 0 Å². The van der Waals surface area contributed by atoms with Crippen molar-refractivity contribution in [2.45, 2.75) is 12.5 Å². The summed E-state index contributed by atoms with van der Waals surface area (Å²) in [5.41, 5.74) is 2.90. The van der Waals surface area contributed by atoms with Gasteiger partial charge in [-0.15, -0.1) is 0 Å². The molecule has 0 aliphatic carbocycles. The lowest BCUT2D eigenvalue weighted by atomic mass is 10.1. The highest BCUT2D eigenvalue weighted by molar-refractivity contribution is 6.09. The van der Waals surface area contributed by atoms with Gasteiger partial charge in [-0.05, 0) is 18.6 Å². The molecule has 1 aliphatic heterocycles. The highest BCUT2D eigenvalue weighted by Crippen LogP contribution is 2.32. The molecule has 0 radical (unpaired) electrons. The fourth-order valence-electron chi connectivity index (χ4n) is 2.86. The van der Waals surface area contributed by atoms with E-state index in [1.807, 2.05) is 24.5 Å². The van der Waals surface area contributed by atoms with E-state index < -0.39 is 0 Å². The molecule has 0 bridgehead atoms. The number of rotatable bonds is 1. The summed E-state index contributed by atoms with van der Waals surface area (Å²) in [6, 6.07) is 4.05. The van der Waals surface area contributed by atoms with E-state index in [0.29, 0.717) is 6.54 Å². The van der Waals surface area contributed by atoms with Crippen LogP contribution >= 0.6 is 0 Å². The Morgan fingerprint density at radius 3 is 3.11 bits per heavy atom. The highest BCUT2D eigenvalue weighted by Gasteiger charge is 2.22. The molecular weight excluding hydrogens is 240 g/mol. The Kier molecular flexibility index (Phi) is 2.22. The molecule has 4 rings (SSSR count). The molecule has 2 N–H and O–H groups in total. The minimum Gasteiger partial charge on any atom is -0.391 e. The number of aromatic nitrogens is 3. The minimum atomic E-state index is -0.230. The van der Waals surface area contributed by atoms with E-state index in [0.717, 1.165) is 40.6 Å². The molecule has 5 nitrogen and oxygen atoms in total. The molecule has 1 atom stereocenters. The van der Waals surface area contributed by atoms with Gasteiger partial charge in [-0.25, -0.2) is 4.98 Å². The first kappa shape index (κ1) is 10.8. The zero-order chi connectivity index (χ0) is 12.8. The molecule has 3 aromatic rings. The van der Waals surface area contributed by atoms with E-state index in [9.17, 15) is 5.11 Å². The number of hydrogen-bond acceptors (Lipinski definition) is 4. The number of anilines is 1. The molecule has 19 heavy (non-hydrogen) atoms. The molecular formula is C14H14N4O. The molecule has 3 aromatic heterocycles. The number of hydrogen-bond donors (Lipinski definition) is 2. The van der Waals surface area contributed by atoms with Crippen LogP contribution in [0.25, 0.3) is 21.9 Å². The van der Waals surface area contributed by atoms with Gasteiger partial charge in [-0.3, -0.25) is 4.98 Å². The number of H-pyrrole nitrogens is 1. The molecule has 1 aliphatic rings. The smallest absolute Gasteiger partial charge is 0.138 e. The molecule has 0 spiro atoms. The molecule has 0 aromatic carbocycles. The van der Waals surface area contributed by atoms with Crippen molar-refractivity contribution in [2.75, 3.05) is 18.0 Å². The van der Waals surface area contributed by atoms with Gasteiger partial charge >= 0.3 is 0 Å². The van der Waals surface area contributed by atoms with Crippen molar-refractivity contribution >= 4 is 27.6 Å². The molecule has 0 amide bonds. The molecule has 0 saturated carbocycles. The van der Waals surface area contributed by atoms with Gasteiger partial charge in [0.1, 0.15) is 5.65 Å². The lowest BCUT2D eigenvalue weighted by Crippen LogP contribution is -2.21. The molecule has 1 fully saturated rings. The Morgan fingerprint density at radius 1 is 1.32 bits per heavy atom. The summed E-state index contributed by atoms with van der Waals surface area (Å²) in [5, 5.41) is 11.9. The first-order valence-corrected chi connectivity index (χ1v) is 6.47. The fraction of sp³-hybridized carbons (Fsp3) is 0.286. The number of aromatic amines is 1. The van der Waals surface area contributed by atoms with Crippen LogP contribution in [0.1, 0.15) is 6.42 Å². The Bertz CT molecular complexity index is 751. The van der Waals surface area contributed by atoms with Crippen LogP contribution in [0.4, 0.5) is 5.69 Å². The van der Waals surface area contributed by atoms with Crippen LogP contribution in [0, 0.1) is 0 Å². The normalized spacial score (nSPS) is 19.6. The topological polar surface area (TPSA) is 65.0 Å². The van der Waals surface area contributed by atoms with Crippen molar-refractivity contribution in [3.05, 3.63) is 30.7 Å². The van der Waals surface area contributed by atoms with Gasteiger partial charge in [0, 0.05) is 41.9 Å². The quantitative estimate of drug-likeness (QED) is 0.693.